The van der Waals surface area contributed by atoms with Crippen LogP contribution in [0.25, 0.3) is 5.69 Å². The van der Waals surface area contributed by atoms with E-state index in [1.807, 2.05) is 19.9 Å². The minimum atomic E-state index is -0.971. The molecule has 0 unspecified atom stereocenters. The van der Waals surface area contributed by atoms with Crippen molar-refractivity contribution in [1.82, 2.24) is 4.57 Å². The topological polar surface area (TPSA) is 57.8 Å². The van der Waals surface area contributed by atoms with E-state index in [1.54, 1.807) is 18.2 Å². The third kappa shape index (κ3) is 4.17. The quantitative estimate of drug-likeness (QED) is 0.361. The van der Waals surface area contributed by atoms with Gasteiger partial charge in [0.1, 0.15) is 0 Å². The number of hydrogen-bond acceptors (Lipinski definition) is 2. The van der Waals surface area contributed by atoms with Crippen LogP contribution in [0.3, 0.4) is 0 Å². The van der Waals surface area contributed by atoms with Gasteiger partial charge in [0.25, 0.3) is 0 Å². The Morgan fingerprint density at radius 3 is 2.24 bits per heavy atom. The van der Waals surface area contributed by atoms with Gasteiger partial charge < -0.3 is 9.88 Å². The first-order chi connectivity index (χ1) is 17.8. The molecular weight excluding hydrogens is 501 g/mol. The van der Waals surface area contributed by atoms with Crippen molar-refractivity contribution in [3.63, 3.8) is 0 Å². The Bertz CT molecular complexity index is 1380. The summed E-state index contributed by atoms with van der Waals surface area (Å²) >= 11 is 12.3. The average molecular weight is 533 g/mol. The molecule has 6 heteroatoms. The molecule has 0 saturated heterocycles. The van der Waals surface area contributed by atoms with Crippen LogP contribution >= 0.6 is 23.2 Å². The van der Waals surface area contributed by atoms with E-state index >= 15 is 0 Å². The number of nitrogens with one attached hydrogen (secondary N) is 1. The van der Waals surface area contributed by atoms with E-state index < -0.39 is 11.8 Å². The van der Waals surface area contributed by atoms with Crippen LogP contribution in [-0.2, 0) is 10.2 Å². The maximum absolute atomic E-state index is 13.1. The lowest BCUT2D eigenvalue weighted by Crippen LogP contribution is -2.48. The van der Waals surface area contributed by atoms with E-state index in [-0.39, 0.29) is 5.02 Å². The zero-order valence-corrected chi connectivity index (χ0v) is 22.7. The fraction of sp³-hybridized carbons (Fsp3) is 0.419. The lowest BCUT2D eigenvalue weighted by Gasteiger charge is -2.57. The molecule has 4 aliphatic rings. The lowest BCUT2D eigenvalue weighted by molar-refractivity contribution is -0.116. The predicted octanol–water partition coefficient (Wildman–Crippen LogP) is 8.11. The van der Waals surface area contributed by atoms with Crippen molar-refractivity contribution < 1.29 is 4.79 Å². The second kappa shape index (κ2) is 9.22. The van der Waals surface area contributed by atoms with Crippen LogP contribution < -0.4 is 5.32 Å². The molecule has 4 bridgehead atoms. The summed E-state index contributed by atoms with van der Waals surface area (Å²) in [6.07, 6.45) is 8.37. The molecule has 0 radical (unpaired) electrons. The molecule has 37 heavy (non-hydrogen) atoms. The number of carbonyl (C=O) groups excluding carboxylic acids is 1. The van der Waals surface area contributed by atoms with Crippen molar-refractivity contribution in [2.75, 3.05) is 5.32 Å². The molecule has 0 aliphatic heterocycles. The molecule has 1 N–H and O–H groups in total. The highest BCUT2D eigenvalue weighted by atomic mass is 35.5. The third-order valence-corrected chi connectivity index (χ3v) is 9.98. The summed E-state index contributed by atoms with van der Waals surface area (Å²) < 4.78 is 2.14. The monoisotopic (exact) mass is 531 g/mol. The summed E-state index contributed by atoms with van der Waals surface area (Å²) in [5.74, 6) is 1.35. The van der Waals surface area contributed by atoms with Gasteiger partial charge in [0.05, 0.1) is 21.8 Å². The standard InChI is InChI=1S/C31H31Cl2N3O/c1-18-10-25(26(17-34)30(37)35-28-5-3-4-27(32)29(28)33)19(2)36(18)24-8-6-23(7-9-24)31-14-20-11-21(15-31)13-22(12-20)16-31/h3-10,20-22,26H,11-16H2,1-2H3,(H,35,37)/t20?,21?,22?,26-,31?/m0/s1. The highest BCUT2D eigenvalue weighted by Crippen LogP contribution is 2.60. The van der Waals surface area contributed by atoms with Crippen LogP contribution in [0.15, 0.2) is 48.5 Å². The molecular formula is C31H31Cl2N3O. The van der Waals surface area contributed by atoms with Crippen LogP contribution in [0.4, 0.5) is 5.69 Å². The Hall–Kier alpha value is -2.74. The van der Waals surface area contributed by atoms with E-state index in [2.05, 4.69) is 40.2 Å². The number of halogens is 2. The Morgan fingerprint density at radius 2 is 1.65 bits per heavy atom. The molecule has 4 nitrogen and oxygen atoms in total. The Kier molecular flexibility index (Phi) is 6.13. The van der Waals surface area contributed by atoms with E-state index in [0.717, 1.165) is 34.8 Å². The molecule has 4 saturated carbocycles. The van der Waals surface area contributed by atoms with E-state index in [0.29, 0.717) is 21.7 Å². The Labute approximate surface area is 228 Å². The van der Waals surface area contributed by atoms with Gasteiger partial charge in [-0.15, -0.1) is 0 Å². The maximum atomic E-state index is 13.1. The molecule has 1 amide bonds. The average Bonchev–Trinajstić information content (AvgIpc) is 3.15. The summed E-state index contributed by atoms with van der Waals surface area (Å²) in [6, 6.07) is 18.3. The van der Waals surface area contributed by atoms with E-state index in [9.17, 15) is 10.1 Å². The normalized spacial score (nSPS) is 26.6. The smallest absolute Gasteiger partial charge is 0.246 e. The number of nitriles is 1. The number of benzene rings is 2. The lowest BCUT2D eigenvalue weighted by atomic mass is 9.48. The SMILES string of the molecule is Cc1cc([C@H](C#N)C(=O)Nc2cccc(Cl)c2Cl)c(C)n1-c1ccc(C23CC4CC(CC(C4)C2)C3)cc1. The molecule has 4 aliphatic carbocycles. The van der Waals surface area contributed by atoms with Crippen LogP contribution in [-0.4, -0.2) is 10.5 Å². The van der Waals surface area contributed by atoms with Crippen LogP contribution in [0.2, 0.25) is 10.0 Å². The molecule has 1 heterocycles. The number of hydrogen-bond donors (Lipinski definition) is 1. The van der Waals surface area contributed by atoms with Gasteiger partial charge in [-0.05, 0) is 117 Å². The van der Waals surface area contributed by atoms with Gasteiger partial charge in [0.15, 0.2) is 5.92 Å². The number of rotatable bonds is 5. The van der Waals surface area contributed by atoms with E-state index in [1.165, 1.54) is 44.1 Å². The molecule has 2 aromatic carbocycles. The number of amides is 1. The molecule has 1 aromatic heterocycles. The van der Waals surface area contributed by atoms with Crippen LogP contribution in [0, 0.1) is 42.9 Å². The zero-order valence-electron chi connectivity index (χ0n) is 21.2. The number of aromatic nitrogens is 1. The van der Waals surface area contributed by atoms with Gasteiger partial charge in [0, 0.05) is 17.1 Å². The van der Waals surface area contributed by atoms with Crippen molar-refractivity contribution in [3.8, 4) is 11.8 Å². The fourth-order valence-corrected chi connectivity index (χ4v) is 8.33. The Balaban J connectivity index is 1.27. The van der Waals surface area contributed by atoms with Crippen molar-refractivity contribution >= 4 is 34.8 Å². The van der Waals surface area contributed by atoms with Gasteiger partial charge in [-0.3, -0.25) is 4.79 Å². The zero-order chi connectivity index (χ0) is 25.9. The first kappa shape index (κ1) is 24.6. The largest absolute Gasteiger partial charge is 0.323 e. The summed E-state index contributed by atoms with van der Waals surface area (Å²) in [7, 11) is 0. The van der Waals surface area contributed by atoms with Gasteiger partial charge in [-0.25, -0.2) is 0 Å². The first-order valence-electron chi connectivity index (χ1n) is 13.2. The number of carbonyl (C=O) groups is 1. The predicted molar refractivity (Wildman–Crippen MR) is 149 cm³/mol. The van der Waals surface area contributed by atoms with Crippen LogP contribution in [0.5, 0.6) is 0 Å². The molecule has 1 atom stereocenters. The van der Waals surface area contributed by atoms with Crippen LogP contribution in [0.1, 0.15) is 67.0 Å². The van der Waals surface area contributed by atoms with Crippen molar-refractivity contribution in [1.29, 1.82) is 5.26 Å². The second-order valence-corrected chi connectivity index (χ2v) is 12.3. The summed E-state index contributed by atoms with van der Waals surface area (Å²) in [6.45, 7) is 3.99. The van der Waals surface area contributed by atoms with Gasteiger partial charge >= 0.3 is 0 Å². The summed E-state index contributed by atoms with van der Waals surface area (Å²) in [5, 5.41) is 13.3. The maximum Gasteiger partial charge on any atom is 0.246 e. The van der Waals surface area contributed by atoms with Crippen molar-refractivity contribution in [2.45, 2.75) is 63.7 Å². The molecule has 190 valence electrons. The molecule has 0 spiro atoms. The highest BCUT2D eigenvalue weighted by molar-refractivity contribution is 6.44. The second-order valence-electron chi connectivity index (χ2n) is 11.6. The van der Waals surface area contributed by atoms with Gasteiger partial charge in [-0.2, -0.15) is 5.26 Å². The minimum absolute atomic E-state index is 0.263. The fourth-order valence-electron chi connectivity index (χ4n) is 7.98. The summed E-state index contributed by atoms with van der Waals surface area (Å²) in [5.41, 5.74) is 5.89. The highest BCUT2D eigenvalue weighted by Gasteiger charge is 2.51. The number of anilines is 1. The van der Waals surface area contributed by atoms with Crippen molar-refractivity contribution in [2.24, 2.45) is 17.8 Å². The van der Waals surface area contributed by atoms with Gasteiger partial charge in [-0.1, -0.05) is 41.4 Å². The third-order valence-electron chi connectivity index (χ3n) is 9.16. The molecule has 7 rings (SSSR count). The molecule has 4 fully saturated rings. The summed E-state index contributed by atoms with van der Waals surface area (Å²) in [4.78, 5) is 13.1. The van der Waals surface area contributed by atoms with Gasteiger partial charge in [0.2, 0.25) is 5.91 Å². The first-order valence-corrected chi connectivity index (χ1v) is 14.0. The number of aryl methyl sites for hydroxylation is 1. The Morgan fingerprint density at radius 1 is 1.03 bits per heavy atom. The minimum Gasteiger partial charge on any atom is -0.323 e. The van der Waals surface area contributed by atoms with E-state index in [4.69, 9.17) is 23.2 Å². The molecule has 3 aromatic rings. The van der Waals surface area contributed by atoms with Crippen molar-refractivity contribution in [3.05, 3.63) is 81.1 Å². The number of nitrogens with zero attached hydrogens (tertiary/aromatic N) is 2.